The van der Waals surface area contributed by atoms with Crippen LogP contribution in [0.2, 0.25) is 0 Å². The van der Waals surface area contributed by atoms with Crippen LogP contribution in [0.1, 0.15) is 37.7 Å². The summed E-state index contributed by atoms with van der Waals surface area (Å²) in [4.78, 5) is 42.1. The first kappa shape index (κ1) is 22.8. The number of H-pyrrole nitrogens is 1. The molecular weight excluding hydrogens is 398 g/mol. The lowest BCUT2D eigenvalue weighted by molar-refractivity contribution is -0.144. The molecule has 7 N–H and O–H groups in total. The molecule has 168 valence electrons. The number of para-hydroxylation sites is 1. The zero-order valence-electron chi connectivity index (χ0n) is 17.5. The number of hydrogen-bond donors (Lipinski definition) is 5. The van der Waals surface area contributed by atoms with Gasteiger partial charge in [-0.1, -0.05) is 24.6 Å². The monoisotopic (exact) mass is 429 g/mol. The van der Waals surface area contributed by atoms with Gasteiger partial charge in [0.25, 0.3) is 0 Å². The van der Waals surface area contributed by atoms with Gasteiger partial charge in [0, 0.05) is 30.1 Å². The number of benzene rings is 1. The number of carbonyl (C=O) groups excluding carboxylic acids is 2. The highest BCUT2D eigenvalue weighted by molar-refractivity contribution is 5.92. The first-order valence-corrected chi connectivity index (χ1v) is 10.8. The van der Waals surface area contributed by atoms with Crippen LogP contribution >= 0.6 is 0 Å². The minimum absolute atomic E-state index is 0.143. The van der Waals surface area contributed by atoms with Gasteiger partial charge >= 0.3 is 5.97 Å². The molecule has 2 aromatic rings. The van der Waals surface area contributed by atoms with Crippen molar-refractivity contribution in [2.75, 3.05) is 13.1 Å². The maximum Gasteiger partial charge on any atom is 0.326 e. The van der Waals surface area contributed by atoms with Crippen LogP contribution < -0.4 is 16.8 Å². The molecule has 1 aromatic heterocycles. The average molecular weight is 430 g/mol. The van der Waals surface area contributed by atoms with Crippen molar-refractivity contribution in [3.8, 4) is 0 Å². The highest BCUT2D eigenvalue weighted by Gasteiger charge is 2.37. The van der Waals surface area contributed by atoms with E-state index in [1.807, 2.05) is 24.3 Å². The summed E-state index contributed by atoms with van der Waals surface area (Å²) in [6.07, 6.45) is 5.13. The highest BCUT2D eigenvalue weighted by atomic mass is 16.4. The molecule has 0 aliphatic carbocycles. The molecule has 2 amide bonds. The number of amides is 2. The third kappa shape index (κ3) is 5.42. The molecule has 1 saturated heterocycles. The van der Waals surface area contributed by atoms with Crippen molar-refractivity contribution in [1.82, 2.24) is 15.2 Å². The predicted octanol–water partition coefficient (Wildman–Crippen LogP) is 0.727. The van der Waals surface area contributed by atoms with Gasteiger partial charge in [0.1, 0.15) is 12.1 Å². The summed E-state index contributed by atoms with van der Waals surface area (Å²) < 4.78 is 0. The Hall–Kier alpha value is -2.91. The molecule has 0 saturated carbocycles. The van der Waals surface area contributed by atoms with Crippen LogP contribution in [-0.4, -0.2) is 64.0 Å². The fourth-order valence-corrected chi connectivity index (χ4v) is 4.14. The second kappa shape index (κ2) is 10.4. The van der Waals surface area contributed by atoms with E-state index < -0.39 is 30.0 Å². The molecule has 0 radical (unpaired) electrons. The van der Waals surface area contributed by atoms with E-state index in [4.69, 9.17) is 11.5 Å². The van der Waals surface area contributed by atoms with Gasteiger partial charge in [-0.05, 0) is 43.9 Å². The lowest BCUT2D eigenvalue weighted by Crippen LogP contribution is -2.54. The van der Waals surface area contributed by atoms with Crippen LogP contribution in [0.3, 0.4) is 0 Å². The molecular formula is C22H31N5O4. The number of nitrogens with zero attached hydrogens (tertiary/aromatic N) is 1. The number of likely N-dealkylation sites (tertiary alicyclic amines) is 1. The molecule has 31 heavy (non-hydrogen) atoms. The first-order valence-electron chi connectivity index (χ1n) is 10.8. The van der Waals surface area contributed by atoms with Crippen LogP contribution in [0.4, 0.5) is 0 Å². The number of carboxylic acids is 1. The summed E-state index contributed by atoms with van der Waals surface area (Å²) in [5, 5.41) is 13.2. The Labute approximate surface area is 181 Å². The van der Waals surface area contributed by atoms with Crippen molar-refractivity contribution < 1.29 is 19.5 Å². The molecule has 0 bridgehead atoms. The number of nitrogens with two attached hydrogens (primary N) is 2. The summed E-state index contributed by atoms with van der Waals surface area (Å²) in [6, 6.07) is 5.12. The van der Waals surface area contributed by atoms with Gasteiger partial charge in [0.15, 0.2) is 0 Å². The molecule has 0 spiro atoms. The largest absolute Gasteiger partial charge is 0.480 e. The van der Waals surface area contributed by atoms with Crippen molar-refractivity contribution in [2.45, 2.75) is 56.7 Å². The van der Waals surface area contributed by atoms with E-state index >= 15 is 0 Å². The van der Waals surface area contributed by atoms with Crippen molar-refractivity contribution in [2.24, 2.45) is 11.5 Å². The lowest BCUT2D eigenvalue weighted by atomic mass is 10.0. The third-order valence-electron chi connectivity index (χ3n) is 5.84. The van der Waals surface area contributed by atoms with Crippen LogP contribution in [0.15, 0.2) is 30.5 Å². The van der Waals surface area contributed by atoms with Gasteiger partial charge in [-0.25, -0.2) is 4.79 Å². The Bertz CT molecular complexity index is 928. The molecule has 3 atom stereocenters. The van der Waals surface area contributed by atoms with Crippen molar-refractivity contribution in [1.29, 1.82) is 0 Å². The quantitative estimate of drug-likeness (QED) is 0.351. The van der Waals surface area contributed by atoms with Crippen LogP contribution in [0.25, 0.3) is 10.9 Å². The van der Waals surface area contributed by atoms with Crippen molar-refractivity contribution in [3.05, 3.63) is 36.0 Å². The number of aromatic amines is 1. The van der Waals surface area contributed by atoms with Gasteiger partial charge in [0.2, 0.25) is 11.8 Å². The molecule has 2 heterocycles. The van der Waals surface area contributed by atoms with Crippen LogP contribution in [0, 0.1) is 0 Å². The maximum absolute atomic E-state index is 12.9. The molecule has 3 rings (SSSR count). The number of fused-ring (bicyclic) bond motifs is 1. The highest BCUT2D eigenvalue weighted by Crippen LogP contribution is 2.21. The Morgan fingerprint density at radius 1 is 1.26 bits per heavy atom. The summed E-state index contributed by atoms with van der Waals surface area (Å²) >= 11 is 0. The zero-order chi connectivity index (χ0) is 22.4. The fraction of sp³-hybridized carbons (Fsp3) is 0.500. The number of hydrogen-bond acceptors (Lipinski definition) is 5. The third-order valence-corrected chi connectivity index (χ3v) is 5.84. The normalized spacial score (nSPS) is 18.1. The number of rotatable bonds is 10. The van der Waals surface area contributed by atoms with Gasteiger partial charge < -0.3 is 31.8 Å². The Morgan fingerprint density at radius 3 is 2.77 bits per heavy atom. The molecule has 1 aliphatic heterocycles. The summed E-state index contributed by atoms with van der Waals surface area (Å²) in [7, 11) is 0. The number of unbranched alkanes of at least 4 members (excludes halogenated alkanes) is 1. The predicted molar refractivity (Wildman–Crippen MR) is 117 cm³/mol. The molecule has 0 unspecified atom stereocenters. The minimum Gasteiger partial charge on any atom is -0.480 e. The molecule has 1 fully saturated rings. The Morgan fingerprint density at radius 2 is 2.03 bits per heavy atom. The number of nitrogens with one attached hydrogen (secondary N) is 2. The molecule has 1 aromatic carbocycles. The first-order chi connectivity index (χ1) is 14.9. The van der Waals surface area contributed by atoms with E-state index in [9.17, 15) is 19.5 Å². The SMILES string of the molecule is NCCCC[C@H](N)C(=O)N1CCC[C@H]1C(=O)N[C@@H](Cc1c[nH]c2ccccc12)C(=O)O. The number of aliphatic carboxylic acids is 1. The van der Waals surface area contributed by atoms with E-state index in [0.29, 0.717) is 32.4 Å². The summed E-state index contributed by atoms with van der Waals surface area (Å²) in [5.74, 6) is -1.83. The Kier molecular flexibility index (Phi) is 7.64. The number of aromatic nitrogens is 1. The molecule has 9 heteroatoms. The van der Waals surface area contributed by atoms with Crippen LogP contribution in [0.5, 0.6) is 0 Å². The average Bonchev–Trinajstić information content (AvgIpc) is 3.40. The van der Waals surface area contributed by atoms with Gasteiger partial charge in [0.05, 0.1) is 6.04 Å². The Balaban J connectivity index is 1.65. The van der Waals surface area contributed by atoms with E-state index in [1.165, 1.54) is 4.90 Å². The van der Waals surface area contributed by atoms with E-state index in [2.05, 4.69) is 10.3 Å². The number of carbonyl (C=O) groups is 3. The minimum atomic E-state index is -1.12. The number of carboxylic acid groups (broad SMARTS) is 1. The smallest absolute Gasteiger partial charge is 0.326 e. The van der Waals surface area contributed by atoms with E-state index in [0.717, 1.165) is 29.3 Å². The second-order valence-electron chi connectivity index (χ2n) is 8.04. The van der Waals surface area contributed by atoms with E-state index in [-0.39, 0.29) is 12.3 Å². The summed E-state index contributed by atoms with van der Waals surface area (Å²) in [5.41, 5.74) is 13.2. The van der Waals surface area contributed by atoms with Gasteiger partial charge in [-0.2, -0.15) is 0 Å². The van der Waals surface area contributed by atoms with Crippen molar-refractivity contribution >= 4 is 28.7 Å². The summed E-state index contributed by atoms with van der Waals surface area (Å²) in [6.45, 7) is 0.990. The van der Waals surface area contributed by atoms with E-state index in [1.54, 1.807) is 6.20 Å². The molecule has 9 nitrogen and oxygen atoms in total. The lowest BCUT2D eigenvalue weighted by Gasteiger charge is -2.27. The second-order valence-corrected chi connectivity index (χ2v) is 8.04. The maximum atomic E-state index is 12.9. The zero-order valence-corrected chi connectivity index (χ0v) is 17.5. The standard InChI is InChI=1S/C22H31N5O4/c23-10-4-3-7-16(24)21(29)27-11-5-9-19(27)20(28)26-18(22(30)31)12-14-13-25-17-8-2-1-6-15(14)17/h1-2,6,8,13,16,18-19,25H,3-5,7,9-12,23-24H2,(H,26,28)(H,30,31)/t16-,18-,19-/m0/s1. The molecule has 1 aliphatic rings. The fourth-order valence-electron chi connectivity index (χ4n) is 4.14. The van der Waals surface area contributed by atoms with Gasteiger partial charge in [-0.15, -0.1) is 0 Å². The van der Waals surface area contributed by atoms with Crippen LogP contribution in [-0.2, 0) is 20.8 Å². The van der Waals surface area contributed by atoms with Gasteiger partial charge in [-0.3, -0.25) is 9.59 Å². The topological polar surface area (TPSA) is 155 Å². The van der Waals surface area contributed by atoms with Crippen molar-refractivity contribution in [3.63, 3.8) is 0 Å².